The zero-order valence-corrected chi connectivity index (χ0v) is 7.24. The molecule has 0 heterocycles. The van der Waals surface area contributed by atoms with Crippen molar-refractivity contribution in [3.63, 3.8) is 0 Å². The zero-order chi connectivity index (χ0) is 8.97. The van der Waals surface area contributed by atoms with Crippen LogP contribution in [0.5, 0.6) is 0 Å². The monoisotopic (exact) mass is 164 g/mol. The molecule has 0 radical (unpaired) electrons. The van der Waals surface area contributed by atoms with E-state index in [0.29, 0.717) is 5.84 Å². The van der Waals surface area contributed by atoms with Gasteiger partial charge in [0, 0.05) is 5.56 Å². The Morgan fingerprint density at radius 3 is 2.83 bits per heavy atom. The van der Waals surface area contributed by atoms with Crippen LogP contribution in [0, 0.1) is 6.92 Å². The zero-order valence-electron chi connectivity index (χ0n) is 7.24. The van der Waals surface area contributed by atoms with Gasteiger partial charge in [-0.05, 0) is 13.0 Å². The number of benzene rings is 1. The lowest BCUT2D eigenvalue weighted by molar-refractivity contribution is 0.213. The largest absolute Gasteiger partial charge is 0.397 e. The summed E-state index contributed by atoms with van der Waals surface area (Å²) in [6, 6.07) is 7.79. The van der Waals surface area contributed by atoms with Crippen molar-refractivity contribution in [2.45, 2.75) is 6.92 Å². The summed E-state index contributed by atoms with van der Waals surface area (Å²) in [5.41, 5.74) is 7.64. The van der Waals surface area contributed by atoms with E-state index in [9.17, 15) is 0 Å². The van der Waals surface area contributed by atoms with Gasteiger partial charge in [-0.25, -0.2) is 0 Å². The second-order valence-corrected chi connectivity index (χ2v) is 2.53. The minimum atomic E-state index is 0.404. The first kappa shape index (κ1) is 8.59. The molecule has 0 spiro atoms. The molecule has 1 aromatic rings. The van der Waals surface area contributed by atoms with Crippen molar-refractivity contribution in [1.82, 2.24) is 0 Å². The molecular weight excluding hydrogens is 152 g/mol. The molecule has 1 rings (SSSR count). The van der Waals surface area contributed by atoms with Crippen LogP contribution in [0.25, 0.3) is 0 Å². The van der Waals surface area contributed by atoms with Crippen LogP contribution >= 0.6 is 0 Å². The number of nitrogens with two attached hydrogens (primary N) is 1. The van der Waals surface area contributed by atoms with Gasteiger partial charge in [0.2, 0.25) is 0 Å². The van der Waals surface area contributed by atoms with E-state index < -0.39 is 0 Å². The SMILES string of the molecule is CO/N=C(\N)c1cccc(C)c1. The van der Waals surface area contributed by atoms with E-state index in [-0.39, 0.29) is 0 Å². The fourth-order valence-electron chi connectivity index (χ4n) is 0.955. The predicted molar refractivity (Wildman–Crippen MR) is 48.9 cm³/mol. The van der Waals surface area contributed by atoms with Crippen LogP contribution in [-0.2, 0) is 4.84 Å². The first-order chi connectivity index (χ1) is 5.74. The van der Waals surface area contributed by atoms with Gasteiger partial charge in [-0.1, -0.05) is 28.9 Å². The van der Waals surface area contributed by atoms with Crippen molar-refractivity contribution >= 4 is 5.84 Å². The fourth-order valence-corrected chi connectivity index (χ4v) is 0.955. The number of amidine groups is 1. The molecule has 12 heavy (non-hydrogen) atoms. The number of nitrogens with zero attached hydrogens (tertiary/aromatic N) is 1. The molecule has 0 amide bonds. The number of rotatable bonds is 2. The van der Waals surface area contributed by atoms with Crippen molar-refractivity contribution in [1.29, 1.82) is 0 Å². The Labute approximate surface area is 71.8 Å². The van der Waals surface area contributed by atoms with Crippen LogP contribution in [0.2, 0.25) is 0 Å². The molecule has 0 aromatic heterocycles. The van der Waals surface area contributed by atoms with E-state index in [2.05, 4.69) is 9.99 Å². The average Bonchev–Trinajstić information content (AvgIpc) is 2.05. The molecule has 0 saturated carbocycles. The van der Waals surface area contributed by atoms with Crippen LogP contribution in [0.1, 0.15) is 11.1 Å². The van der Waals surface area contributed by atoms with Gasteiger partial charge in [0.05, 0.1) is 0 Å². The van der Waals surface area contributed by atoms with Crippen molar-refractivity contribution in [2.24, 2.45) is 10.9 Å². The predicted octanol–water partition coefficient (Wildman–Crippen LogP) is 1.26. The second-order valence-electron chi connectivity index (χ2n) is 2.53. The highest BCUT2D eigenvalue weighted by atomic mass is 16.6. The van der Waals surface area contributed by atoms with Crippen molar-refractivity contribution in [2.75, 3.05) is 7.11 Å². The topological polar surface area (TPSA) is 47.6 Å². The highest BCUT2D eigenvalue weighted by Gasteiger charge is 1.97. The van der Waals surface area contributed by atoms with E-state index >= 15 is 0 Å². The summed E-state index contributed by atoms with van der Waals surface area (Å²) in [5, 5.41) is 3.63. The van der Waals surface area contributed by atoms with Crippen molar-refractivity contribution in [3.05, 3.63) is 35.4 Å². The van der Waals surface area contributed by atoms with Gasteiger partial charge in [-0.3, -0.25) is 0 Å². The molecule has 0 aliphatic carbocycles. The van der Waals surface area contributed by atoms with Gasteiger partial charge in [-0.15, -0.1) is 0 Å². The number of hydrogen-bond donors (Lipinski definition) is 1. The summed E-state index contributed by atoms with van der Waals surface area (Å²) in [7, 11) is 1.47. The average molecular weight is 164 g/mol. The Morgan fingerprint density at radius 1 is 1.50 bits per heavy atom. The first-order valence-electron chi connectivity index (χ1n) is 3.67. The summed E-state index contributed by atoms with van der Waals surface area (Å²) in [6.45, 7) is 2.00. The van der Waals surface area contributed by atoms with Gasteiger partial charge in [0.1, 0.15) is 7.11 Å². The van der Waals surface area contributed by atoms with E-state index in [1.807, 2.05) is 31.2 Å². The molecule has 64 valence electrons. The maximum atomic E-state index is 5.60. The molecule has 2 N–H and O–H groups in total. The highest BCUT2D eigenvalue weighted by molar-refractivity contribution is 5.97. The van der Waals surface area contributed by atoms with Gasteiger partial charge in [0.15, 0.2) is 5.84 Å². The molecule has 3 nitrogen and oxygen atoms in total. The Kier molecular flexibility index (Phi) is 2.69. The normalized spacial score (nSPS) is 11.3. The molecular formula is C9H12N2O. The Balaban J connectivity index is 2.95. The summed E-state index contributed by atoms with van der Waals surface area (Å²) >= 11 is 0. The number of aryl methyl sites for hydroxylation is 1. The maximum absolute atomic E-state index is 5.60. The Hall–Kier alpha value is -1.51. The summed E-state index contributed by atoms with van der Waals surface area (Å²) < 4.78 is 0. The molecule has 0 aliphatic heterocycles. The van der Waals surface area contributed by atoms with Crippen LogP contribution in [0.15, 0.2) is 29.4 Å². The summed E-state index contributed by atoms with van der Waals surface area (Å²) in [4.78, 5) is 4.56. The Morgan fingerprint density at radius 2 is 2.25 bits per heavy atom. The second kappa shape index (κ2) is 3.76. The molecule has 0 atom stereocenters. The van der Waals surface area contributed by atoms with Crippen molar-refractivity contribution in [3.8, 4) is 0 Å². The molecule has 3 heteroatoms. The maximum Gasteiger partial charge on any atom is 0.170 e. The van der Waals surface area contributed by atoms with Gasteiger partial charge in [0.25, 0.3) is 0 Å². The van der Waals surface area contributed by atoms with Crippen molar-refractivity contribution < 1.29 is 4.84 Å². The van der Waals surface area contributed by atoms with Crippen LogP contribution < -0.4 is 5.73 Å². The minimum absolute atomic E-state index is 0.404. The highest BCUT2D eigenvalue weighted by Crippen LogP contribution is 2.03. The third kappa shape index (κ3) is 1.99. The van der Waals surface area contributed by atoms with Gasteiger partial charge < -0.3 is 10.6 Å². The van der Waals surface area contributed by atoms with Crippen LogP contribution in [-0.4, -0.2) is 12.9 Å². The minimum Gasteiger partial charge on any atom is -0.397 e. The molecule has 1 aromatic carbocycles. The smallest absolute Gasteiger partial charge is 0.170 e. The summed E-state index contributed by atoms with van der Waals surface area (Å²) in [6.07, 6.45) is 0. The van der Waals surface area contributed by atoms with Gasteiger partial charge >= 0.3 is 0 Å². The third-order valence-electron chi connectivity index (χ3n) is 1.50. The summed E-state index contributed by atoms with van der Waals surface area (Å²) in [5.74, 6) is 0.404. The molecule has 0 unspecified atom stereocenters. The van der Waals surface area contributed by atoms with E-state index in [1.54, 1.807) is 0 Å². The lowest BCUT2D eigenvalue weighted by Crippen LogP contribution is -2.13. The molecule has 0 saturated heterocycles. The molecule has 0 fully saturated rings. The first-order valence-corrected chi connectivity index (χ1v) is 3.67. The molecule has 0 aliphatic rings. The van der Waals surface area contributed by atoms with Gasteiger partial charge in [-0.2, -0.15) is 0 Å². The molecule has 0 bridgehead atoms. The van der Waals surface area contributed by atoms with Crippen LogP contribution in [0.3, 0.4) is 0 Å². The lowest BCUT2D eigenvalue weighted by Gasteiger charge is -1.99. The van der Waals surface area contributed by atoms with E-state index in [1.165, 1.54) is 7.11 Å². The number of hydrogen-bond acceptors (Lipinski definition) is 2. The number of oxime groups is 1. The standard InChI is InChI=1S/C9H12N2O/c1-7-4-3-5-8(6-7)9(10)11-12-2/h3-6H,1-2H3,(H2,10,11). The van der Waals surface area contributed by atoms with E-state index in [0.717, 1.165) is 11.1 Å². The van der Waals surface area contributed by atoms with Crippen LogP contribution in [0.4, 0.5) is 0 Å². The fraction of sp³-hybridized carbons (Fsp3) is 0.222. The Bertz CT molecular complexity index is 294. The third-order valence-corrected chi connectivity index (χ3v) is 1.50. The lowest BCUT2D eigenvalue weighted by atomic mass is 10.1. The van der Waals surface area contributed by atoms with E-state index in [4.69, 9.17) is 5.73 Å². The quantitative estimate of drug-likeness (QED) is 0.406.